The van der Waals surface area contributed by atoms with Crippen LogP contribution in [0.3, 0.4) is 0 Å². The second-order valence-corrected chi connectivity index (χ2v) is 7.07. The minimum atomic E-state index is -0.224. The van der Waals surface area contributed by atoms with Crippen molar-refractivity contribution in [1.29, 1.82) is 0 Å². The molecule has 4 heterocycles. The van der Waals surface area contributed by atoms with Gasteiger partial charge in [0.05, 0.1) is 10.6 Å². The molecule has 0 spiro atoms. The van der Waals surface area contributed by atoms with Crippen molar-refractivity contribution in [3.63, 3.8) is 0 Å². The fraction of sp³-hybridized carbons (Fsp3) is 0.158. The topological polar surface area (TPSA) is 30.7 Å². The van der Waals surface area contributed by atoms with Crippen LogP contribution in [0.1, 0.15) is 12.2 Å². The Balaban J connectivity index is 1.79. The molecule has 0 atom stereocenters. The van der Waals surface area contributed by atoms with Gasteiger partial charge in [-0.05, 0) is 30.7 Å². The second kappa shape index (κ2) is 5.24. The number of nitrogens with zero attached hydrogens (tertiary/aromatic N) is 3. The van der Waals surface area contributed by atoms with E-state index in [0.29, 0.717) is 5.56 Å². The number of hydrogen-bond donors (Lipinski definition) is 0. The molecule has 1 aromatic carbocycles. The highest BCUT2D eigenvalue weighted by atomic mass is 32.1. The number of benzene rings is 1. The molecule has 0 saturated carbocycles. The summed E-state index contributed by atoms with van der Waals surface area (Å²) in [5.41, 5.74) is 2.36. The van der Waals surface area contributed by atoms with Gasteiger partial charge in [-0.1, -0.05) is 12.1 Å². The number of pyridine rings is 1. The molecule has 5 heteroatoms. The number of halogens is 1. The molecule has 118 valence electrons. The molecule has 3 nitrogen and oxygen atoms in total. The molecule has 4 aromatic rings. The average molecular weight is 335 g/mol. The van der Waals surface area contributed by atoms with Gasteiger partial charge in [-0.15, -0.1) is 11.3 Å². The first-order valence-corrected chi connectivity index (χ1v) is 8.81. The van der Waals surface area contributed by atoms with E-state index < -0.39 is 0 Å². The summed E-state index contributed by atoms with van der Waals surface area (Å²) in [6.45, 7) is 0.943. The van der Waals surface area contributed by atoms with Crippen molar-refractivity contribution in [2.45, 2.75) is 19.4 Å². The van der Waals surface area contributed by atoms with Gasteiger partial charge in [-0.25, -0.2) is 9.37 Å². The predicted molar refractivity (Wildman–Crippen MR) is 94.6 cm³/mol. The van der Waals surface area contributed by atoms with E-state index in [1.54, 1.807) is 23.6 Å². The number of thiophene rings is 1. The van der Waals surface area contributed by atoms with Crippen LogP contribution >= 0.6 is 11.3 Å². The van der Waals surface area contributed by atoms with Crippen LogP contribution in [0.4, 0.5) is 4.39 Å². The van der Waals surface area contributed by atoms with E-state index in [4.69, 9.17) is 4.98 Å². The van der Waals surface area contributed by atoms with Crippen molar-refractivity contribution < 1.29 is 4.39 Å². The highest BCUT2D eigenvalue weighted by molar-refractivity contribution is 7.22. The third-order valence-electron chi connectivity index (χ3n) is 4.51. The van der Waals surface area contributed by atoms with Gasteiger partial charge in [0.25, 0.3) is 0 Å². The monoisotopic (exact) mass is 335 g/mol. The van der Waals surface area contributed by atoms with Gasteiger partial charge < -0.3 is 4.57 Å². The lowest BCUT2D eigenvalue weighted by molar-refractivity contribution is 0.630. The Morgan fingerprint density at radius 3 is 2.96 bits per heavy atom. The van der Waals surface area contributed by atoms with E-state index in [2.05, 4.69) is 15.6 Å². The quantitative estimate of drug-likeness (QED) is 0.521. The van der Waals surface area contributed by atoms with Crippen LogP contribution in [0.25, 0.3) is 31.9 Å². The predicted octanol–water partition coefficient (Wildman–Crippen LogP) is 4.91. The molecule has 1 aliphatic heterocycles. The van der Waals surface area contributed by atoms with Crippen molar-refractivity contribution in [2.24, 2.45) is 0 Å². The zero-order chi connectivity index (χ0) is 16.1. The molecule has 0 amide bonds. The molecule has 0 fully saturated rings. The molecular formula is C19H14FN3S. The van der Waals surface area contributed by atoms with E-state index >= 15 is 0 Å². The molecule has 0 unspecified atom stereocenters. The van der Waals surface area contributed by atoms with Gasteiger partial charge in [0, 0.05) is 41.0 Å². The maximum Gasteiger partial charge on any atom is 0.132 e. The van der Waals surface area contributed by atoms with Crippen molar-refractivity contribution >= 4 is 21.4 Å². The van der Waals surface area contributed by atoms with Crippen LogP contribution in [0.2, 0.25) is 0 Å². The summed E-state index contributed by atoms with van der Waals surface area (Å²) >= 11 is 1.71. The standard InChI is InChI=1S/C19H14FN3S/c20-14-5-2-1-4-13(14)18-19(23-9-3-6-17(23)22-18)16-10-12-11-21-8-7-15(12)24-16/h1-2,4-5,7-8,10-11H,3,6,9H2. The fourth-order valence-electron chi connectivity index (χ4n) is 3.42. The first-order chi connectivity index (χ1) is 11.8. The van der Waals surface area contributed by atoms with Crippen molar-refractivity contribution in [1.82, 2.24) is 14.5 Å². The zero-order valence-corrected chi connectivity index (χ0v) is 13.7. The number of hydrogen-bond acceptors (Lipinski definition) is 3. The van der Waals surface area contributed by atoms with Crippen molar-refractivity contribution in [3.05, 3.63) is 60.4 Å². The smallest absolute Gasteiger partial charge is 0.132 e. The summed E-state index contributed by atoms with van der Waals surface area (Å²) in [5, 5.41) is 1.12. The molecule has 5 rings (SSSR count). The Hall–Kier alpha value is -2.53. The number of fused-ring (bicyclic) bond motifs is 2. The molecule has 0 aliphatic carbocycles. The first-order valence-electron chi connectivity index (χ1n) is 7.99. The van der Waals surface area contributed by atoms with Gasteiger partial charge in [-0.3, -0.25) is 4.98 Å². The Bertz CT molecular complexity index is 1030. The molecule has 1 aliphatic rings. The molecule has 24 heavy (non-hydrogen) atoms. The summed E-state index contributed by atoms with van der Waals surface area (Å²) in [5.74, 6) is 0.831. The van der Waals surface area contributed by atoms with E-state index in [9.17, 15) is 4.39 Å². The van der Waals surface area contributed by atoms with Crippen molar-refractivity contribution in [2.75, 3.05) is 0 Å². The highest BCUT2D eigenvalue weighted by Crippen LogP contribution is 2.41. The molecule has 0 N–H and O–H groups in total. The SMILES string of the molecule is Fc1ccccc1-c1nc2n(c1-c1cc3cnccc3s1)CCC2. The molecule has 0 radical (unpaired) electrons. The first kappa shape index (κ1) is 13.9. The maximum atomic E-state index is 14.4. The Morgan fingerprint density at radius 2 is 2.08 bits per heavy atom. The van der Waals surface area contributed by atoms with E-state index in [1.807, 2.05) is 24.4 Å². The van der Waals surface area contributed by atoms with Crippen LogP contribution in [0, 0.1) is 5.82 Å². The van der Waals surface area contributed by atoms with Gasteiger partial charge in [0.2, 0.25) is 0 Å². The largest absolute Gasteiger partial charge is 0.327 e. The summed E-state index contributed by atoms with van der Waals surface area (Å²) in [4.78, 5) is 10.1. The third kappa shape index (κ3) is 2.01. The highest BCUT2D eigenvalue weighted by Gasteiger charge is 2.25. The number of aromatic nitrogens is 3. The lowest BCUT2D eigenvalue weighted by Crippen LogP contribution is -1.95. The van der Waals surface area contributed by atoms with E-state index in [0.717, 1.165) is 46.9 Å². The van der Waals surface area contributed by atoms with Gasteiger partial charge in [0.15, 0.2) is 0 Å². The number of imidazole rings is 1. The van der Waals surface area contributed by atoms with Crippen LogP contribution < -0.4 is 0 Å². The summed E-state index contributed by atoms with van der Waals surface area (Å²) in [6.07, 6.45) is 5.73. The molecule has 0 saturated heterocycles. The van der Waals surface area contributed by atoms with Crippen LogP contribution in [0.5, 0.6) is 0 Å². The normalized spacial score (nSPS) is 13.5. The zero-order valence-electron chi connectivity index (χ0n) is 12.9. The second-order valence-electron chi connectivity index (χ2n) is 5.98. The van der Waals surface area contributed by atoms with Gasteiger partial charge in [0.1, 0.15) is 17.3 Å². The maximum absolute atomic E-state index is 14.4. The lowest BCUT2D eigenvalue weighted by atomic mass is 10.1. The number of aryl methyl sites for hydroxylation is 1. The Labute approximate surface area is 142 Å². The summed E-state index contributed by atoms with van der Waals surface area (Å²) in [6, 6.07) is 11.0. The van der Waals surface area contributed by atoms with E-state index in [1.165, 1.54) is 10.8 Å². The van der Waals surface area contributed by atoms with Gasteiger partial charge in [-0.2, -0.15) is 0 Å². The third-order valence-corrected chi connectivity index (χ3v) is 5.63. The molecular weight excluding hydrogens is 321 g/mol. The minimum Gasteiger partial charge on any atom is -0.327 e. The summed E-state index contributed by atoms with van der Waals surface area (Å²) < 4.78 is 17.8. The average Bonchev–Trinajstić information content (AvgIpc) is 3.28. The molecule has 0 bridgehead atoms. The Kier molecular flexibility index (Phi) is 3.03. The number of rotatable bonds is 2. The van der Waals surface area contributed by atoms with Crippen LogP contribution in [0.15, 0.2) is 48.8 Å². The minimum absolute atomic E-state index is 0.224. The van der Waals surface area contributed by atoms with Gasteiger partial charge >= 0.3 is 0 Å². The Morgan fingerprint density at radius 1 is 1.17 bits per heavy atom. The summed E-state index contributed by atoms with van der Waals surface area (Å²) in [7, 11) is 0. The van der Waals surface area contributed by atoms with Crippen LogP contribution in [-0.2, 0) is 13.0 Å². The fourth-order valence-corrected chi connectivity index (χ4v) is 4.50. The van der Waals surface area contributed by atoms with Crippen LogP contribution in [-0.4, -0.2) is 14.5 Å². The van der Waals surface area contributed by atoms with E-state index in [-0.39, 0.29) is 5.82 Å². The lowest BCUT2D eigenvalue weighted by Gasteiger charge is -2.07. The molecule has 3 aromatic heterocycles. The van der Waals surface area contributed by atoms with Crippen molar-refractivity contribution in [3.8, 4) is 21.8 Å².